The molecule has 2 aromatic carbocycles. The predicted molar refractivity (Wildman–Crippen MR) is 113 cm³/mol. The lowest BCUT2D eigenvalue weighted by atomic mass is 10.1. The fourth-order valence-electron chi connectivity index (χ4n) is 2.91. The fourth-order valence-corrected chi connectivity index (χ4v) is 3.10. The van der Waals surface area contributed by atoms with Gasteiger partial charge in [-0.15, -0.1) is 0 Å². The summed E-state index contributed by atoms with van der Waals surface area (Å²) in [6, 6.07) is 16.3. The minimum atomic E-state index is -0.529. The van der Waals surface area contributed by atoms with Crippen molar-refractivity contribution in [1.29, 1.82) is 0 Å². The zero-order chi connectivity index (χ0) is 20.4. The molecule has 4 rings (SSSR count). The van der Waals surface area contributed by atoms with Crippen LogP contribution in [0, 0.1) is 17.0 Å². The first-order chi connectivity index (χ1) is 14.0. The van der Waals surface area contributed by atoms with Crippen molar-refractivity contribution in [1.82, 2.24) is 15.0 Å². The van der Waals surface area contributed by atoms with E-state index in [4.69, 9.17) is 11.6 Å². The zero-order valence-electron chi connectivity index (χ0n) is 15.3. The standard InChI is InChI=1S/C20H15ClN6O2/c1-12-8-9-13-4-2-7-16(17(13)24-12)26-20-18(27(28)29)19(22-11-23-20)25-15-6-3-5-14(21)10-15/h2-11H,1H3,(H2,22,23,25,26). The number of aryl methyl sites for hydroxylation is 1. The number of pyridine rings is 1. The molecule has 0 saturated carbocycles. The van der Waals surface area contributed by atoms with Crippen LogP contribution in [0.5, 0.6) is 0 Å². The predicted octanol–water partition coefficient (Wildman–Crippen LogP) is 5.38. The number of fused-ring (bicyclic) bond motifs is 1. The van der Waals surface area contributed by atoms with Crippen LogP contribution >= 0.6 is 11.6 Å². The van der Waals surface area contributed by atoms with E-state index in [0.717, 1.165) is 11.1 Å². The third-order valence-electron chi connectivity index (χ3n) is 4.20. The van der Waals surface area contributed by atoms with Gasteiger partial charge in [0.25, 0.3) is 0 Å². The Labute approximate surface area is 170 Å². The SMILES string of the molecule is Cc1ccc2cccc(Nc3ncnc(Nc4cccc(Cl)c4)c3[N+](=O)[O-])c2n1. The Bertz CT molecular complexity index is 1230. The van der Waals surface area contributed by atoms with Gasteiger partial charge in [-0.1, -0.05) is 35.9 Å². The maximum Gasteiger partial charge on any atom is 0.353 e. The van der Waals surface area contributed by atoms with Crippen molar-refractivity contribution >= 4 is 51.2 Å². The van der Waals surface area contributed by atoms with Gasteiger partial charge in [0.05, 0.1) is 16.1 Å². The number of para-hydroxylation sites is 1. The molecule has 0 unspecified atom stereocenters. The summed E-state index contributed by atoms with van der Waals surface area (Å²) in [5.74, 6) is 0.115. The van der Waals surface area contributed by atoms with Crippen LogP contribution in [-0.2, 0) is 0 Å². The molecule has 9 heteroatoms. The van der Waals surface area contributed by atoms with E-state index >= 15 is 0 Å². The Kier molecular flexibility index (Phi) is 4.92. The van der Waals surface area contributed by atoms with Gasteiger partial charge >= 0.3 is 5.69 Å². The number of nitrogens with zero attached hydrogens (tertiary/aromatic N) is 4. The average Bonchev–Trinajstić information content (AvgIpc) is 2.68. The van der Waals surface area contributed by atoms with Crippen molar-refractivity contribution < 1.29 is 4.92 Å². The van der Waals surface area contributed by atoms with E-state index in [1.165, 1.54) is 6.33 Å². The molecule has 4 aromatic rings. The Morgan fingerprint density at radius 3 is 2.52 bits per heavy atom. The van der Waals surface area contributed by atoms with Crippen LogP contribution in [0.15, 0.2) is 60.9 Å². The highest BCUT2D eigenvalue weighted by molar-refractivity contribution is 6.30. The molecular formula is C20H15ClN6O2. The maximum atomic E-state index is 11.8. The van der Waals surface area contributed by atoms with Gasteiger partial charge in [0, 0.05) is 21.8 Å². The monoisotopic (exact) mass is 406 g/mol. The Hall–Kier alpha value is -3.78. The molecule has 29 heavy (non-hydrogen) atoms. The smallest absolute Gasteiger partial charge is 0.334 e. The number of nitrogens with one attached hydrogen (secondary N) is 2. The van der Waals surface area contributed by atoms with Gasteiger partial charge in [-0.05, 0) is 37.3 Å². The zero-order valence-corrected chi connectivity index (χ0v) is 16.0. The van der Waals surface area contributed by atoms with E-state index in [2.05, 4.69) is 25.6 Å². The van der Waals surface area contributed by atoms with Crippen LogP contribution in [-0.4, -0.2) is 19.9 Å². The molecule has 0 amide bonds. The van der Waals surface area contributed by atoms with Gasteiger partial charge in [0.2, 0.25) is 11.6 Å². The van der Waals surface area contributed by atoms with Crippen molar-refractivity contribution in [3.05, 3.63) is 81.8 Å². The van der Waals surface area contributed by atoms with Gasteiger partial charge in [-0.3, -0.25) is 15.1 Å². The number of benzene rings is 2. The number of rotatable bonds is 5. The van der Waals surface area contributed by atoms with Crippen molar-refractivity contribution in [3.63, 3.8) is 0 Å². The molecular weight excluding hydrogens is 392 g/mol. The largest absolute Gasteiger partial charge is 0.353 e. The van der Waals surface area contributed by atoms with Crippen LogP contribution in [0.1, 0.15) is 5.69 Å². The summed E-state index contributed by atoms with van der Waals surface area (Å²) in [4.78, 5) is 24.0. The lowest BCUT2D eigenvalue weighted by Crippen LogP contribution is -2.06. The third kappa shape index (κ3) is 3.92. The summed E-state index contributed by atoms with van der Waals surface area (Å²) in [7, 11) is 0. The van der Waals surface area contributed by atoms with E-state index in [-0.39, 0.29) is 17.3 Å². The van der Waals surface area contributed by atoms with E-state index in [9.17, 15) is 10.1 Å². The minimum Gasteiger partial charge on any atom is -0.334 e. The van der Waals surface area contributed by atoms with Crippen LogP contribution < -0.4 is 10.6 Å². The second-order valence-corrected chi connectivity index (χ2v) is 6.70. The van der Waals surface area contributed by atoms with Crippen molar-refractivity contribution in [2.75, 3.05) is 10.6 Å². The summed E-state index contributed by atoms with van der Waals surface area (Å²) < 4.78 is 0. The molecule has 0 atom stereocenters. The minimum absolute atomic E-state index is 0.0548. The van der Waals surface area contributed by atoms with Crippen LogP contribution in [0.3, 0.4) is 0 Å². The van der Waals surface area contributed by atoms with E-state index in [1.54, 1.807) is 30.3 Å². The first kappa shape index (κ1) is 18.6. The molecule has 0 bridgehead atoms. The Morgan fingerprint density at radius 2 is 1.76 bits per heavy atom. The van der Waals surface area contributed by atoms with Gasteiger partial charge in [0.1, 0.15) is 6.33 Å². The fraction of sp³-hybridized carbons (Fsp3) is 0.0500. The number of hydrogen-bond acceptors (Lipinski definition) is 7. The molecule has 8 nitrogen and oxygen atoms in total. The summed E-state index contributed by atoms with van der Waals surface area (Å²) in [5, 5.41) is 19.2. The third-order valence-corrected chi connectivity index (χ3v) is 4.44. The number of aromatic nitrogens is 3. The van der Waals surface area contributed by atoms with Crippen LogP contribution in [0.2, 0.25) is 5.02 Å². The van der Waals surface area contributed by atoms with Gasteiger partial charge < -0.3 is 10.6 Å². The molecule has 0 fully saturated rings. The summed E-state index contributed by atoms with van der Waals surface area (Å²) >= 11 is 5.99. The first-order valence-corrected chi connectivity index (χ1v) is 9.04. The number of halogens is 1. The molecule has 0 spiro atoms. The molecule has 2 N–H and O–H groups in total. The molecule has 0 saturated heterocycles. The molecule has 0 aliphatic heterocycles. The average molecular weight is 407 g/mol. The number of hydrogen-bond donors (Lipinski definition) is 2. The van der Waals surface area contributed by atoms with Crippen molar-refractivity contribution in [2.24, 2.45) is 0 Å². The molecule has 0 aliphatic carbocycles. The summed E-state index contributed by atoms with van der Waals surface area (Å²) in [5.41, 5.74) is 2.45. The topological polar surface area (TPSA) is 106 Å². The second kappa shape index (κ2) is 7.69. The van der Waals surface area contributed by atoms with Crippen LogP contribution in [0.4, 0.5) is 28.7 Å². The van der Waals surface area contributed by atoms with Crippen molar-refractivity contribution in [2.45, 2.75) is 6.92 Å². The molecule has 2 aromatic heterocycles. The van der Waals surface area contributed by atoms with Gasteiger partial charge in [0.15, 0.2) is 0 Å². The van der Waals surface area contributed by atoms with Gasteiger partial charge in [-0.25, -0.2) is 9.97 Å². The summed E-state index contributed by atoms with van der Waals surface area (Å²) in [6.07, 6.45) is 1.26. The summed E-state index contributed by atoms with van der Waals surface area (Å²) in [6.45, 7) is 1.89. The highest BCUT2D eigenvalue weighted by Gasteiger charge is 2.24. The lowest BCUT2D eigenvalue weighted by molar-refractivity contribution is -0.383. The van der Waals surface area contributed by atoms with Crippen molar-refractivity contribution in [3.8, 4) is 0 Å². The highest BCUT2D eigenvalue weighted by atomic mass is 35.5. The molecule has 2 heterocycles. The maximum absolute atomic E-state index is 11.8. The molecule has 0 radical (unpaired) electrons. The van der Waals surface area contributed by atoms with E-state index in [0.29, 0.717) is 21.9 Å². The van der Waals surface area contributed by atoms with Crippen LogP contribution in [0.25, 0.3) is 10.9 Å². The second-order valence-electron chi connectivity index (χ2n) is 6.27. The molecule has 144 valence electrons. The Balaban J connectivity index is 1.77. The Morgan fingerprint density at radius 1 is 1.00 bits per heavy atom. The first-order valence-electron chi connectivity index (χ1n) is 8.66. The van der Waals surface area contributed by atoms with Gasteiger partial charge in [-0.2, -0.15) is 0 Å². The lowest BCUT2D eigenvalue weighted by Gasteiger charge is -2.12. The quantitative estimate of drug-likeness (QED) is 0.338. The van der Waals surface area contributed by atoms with E-state index < -0.39 is 4.92 Å². The number of nitro groups is 1. The normalized spacial score (nSPS) is 10.7. The highest BCUT2D eigenvalue weighted by Crippen LogP contribution is 2.34. The number of anilines is 4. The molecule has 0 aliphatic rings. The van der Waals surface area contributed by atoms with E-state index in [1.807, 2.05) is 31.2 Å².